The highest BCUT2D eigenvalue weighted by molar-refractivity contribution is 7.90. The van der Waals surface area contributed by atoms with Crippen molar-refractivity contribution in [2.75, 3.05) is 18.6 Å². The second-order valence-corrected chi connectivity index (χ2v) is 8.14. The molecule has 1 amide bonds. The Kier molecular flexibility index (Phi) is 4.82. The summed E-state index contributed by atoms with van der Waals surface area (Å²) in [4.78, 5) is 14.1. The minimum Gasteiger partial charge on any atom is -0.321 e. The quantitative estimate of drug-likeness (QED) is 0.861. The van der Waals surface area contributed by atoms with E-state index in [1.54, 1.807) is 16.2 Å². The van der Waals surface area contributed by atoms with Gasteiger partial charge in [0.2, 0.25) is 5.91 Å². The molecule has 0 radical (unpaired) electrons. The van der Waals surface area contributed by atoms with Gasteiger partial charge in [0, 0.05) is 12.8 Å². The van der Waals surface area contributed by atoms with Crippen LogP contribution in [0.3, 0.4) is 0 Å². The zero-order chi connectivity index (χ0) is 14.8. The zero-order valence-corrected chi connectivity index (χ0v) is 13.3. The van der Waals surface area contributed by atoms with Crippen molar-refractivity contribution in [3.8, 4) is 0 Å². The maximum atomic E-state index is 12.3. The lowest BCUT2D eigenvalue weighted by Gasteiger charge is -2.23. The SMILES string of the molecule is CCC1NC(c2ccsc2)N(CCCS(C)(=O)=O)C1=O. The molecule has 1 saturated heterocycles. The molecule has 0 bridgehead atoms. The Labute approximate surface area is 123 Å². The molecule has 2 rings (SSSR count). The fourth-order valence-electron chi connectivity index (χ4n) is 2.41. The second kappa shape index (κ2) is 6.24. The van der Waals surface area contributed by atoms with Crippen molar-refractivity contribution in [2.24, 2.45) is 0 Å². The molecule has 1 aliphatic rings. The van der Waals surface area contributed by atoms with Crippen LogP contribution in [0.1, 0.15) is 31.5 Å². The van der Waals surface area contributed by atoms with Crippen molar-refractivity contribution in [3.05, 3.63) is 22.4 Å². The van der Waals surface area contributed by atoms with Gasteiger partial charge < -0.3 is 4.90 Å². The molecule has 2 heterocycles. The largest absolute Gasteiger partial charge is 0.321 e. The van der Waals surface area contributed by atoms with Crippen molar-refractivity contribution in [1.82, 2.24) is 10.2 Å². The maximum absolute atomic E-state index is 12.3. The lowest BCUT2D eigenvalue weighted by molar-refractivity contribution is -0.130. The Balaban J connectivity index is 2.07. The third-order valence-electron chi connectivity index (χ3n) is 3.43. The van der Waals surface area contributed by atoms with Gasteiger partial charge in [-0.25, -0.2) is 8.42 Å². The summed E-state index contributed by atoms with van der Waals surface area (Å²) in [5.74, 6) is 0.182. The van der Waals surface area contributed by atoms with Crippen molar-refractivity contribution in [3.63, 3.8) is 0 Å². The van der Waals surface area contributed by atoms with Crippen molar-refractivity contribution < 1.29 is 13.2 Å². The number of carbonyl (C=O) groups is 1. The van der Waals surface area contributed by atoms with Crippen LogP contribution in [0.15, 0.2) is 16.8 Å². The molecular weight excluding hydrogens is 296 g/mol. The van der Waals surface area contributed by atoms with E-state index in [1.807, 2.05) is 23.8 Å². The highest BCUT2D eigenvalue weighted by atomic mass is 32.2. The number of carbonyl (C=O) groups excluding carboxylic acids is 1. The summed E-state index contributed by atoms with van der Waals surface area (Å²) in [6, 6.07) is 1.83. The average molecular weight is 316 g/mol. The average Bonchev–Trinajstić information content (AvgIpc) is 2.97. The van der Waals surface area contributed by atoms with Crippen LogP contribution in [0.25, 0.3) is 0 Å². The van der Waals surface area contributed by atoms with Gasteiger partial charge in [-0.15, -0.1) is 0 Å². The molecule has 1 N–H and O–H groups in total. The molecule has 0 spiro atoms. The number of amides is 1. The Hall–Kier alpha value is -0.920. The van der Waals surface area contributed by atoms with Crippen molar-refractivity contribution in [2.45, 2.75) is 32.0 Å². The summed E-state index contributed by atoms with van der Waals surface area (Å²) in [5.41, 5.74) is 1.07. The van der Waals surface area contributed by atoms with Crippen LogP contribution in [0.2, 0.25) is 0 Å². The summed E-state index contributed by atoms with van der Waals surface area (Å²) < 4.78 is 22.4. The van der Waals surface area contributed by atoms with Crippen LogP contribution in [-0.2, 0) is 14.6 Å². The molecule has 5 nitrogen and oxygen atoms in total. The maximum Gasteiger partial charge on any atom is 0.241 e. The van der Waals surface area contributed by atoms with E-state index in [2.05, 4.69) is 5.32 Å². The van der Waals surface area contributed by atoms with E-state index >= 15 is 0 Å². The third-order valence-corrected chi connectivity index (χ3v) is 5.16. The van der Waals surface area contributed by atoms with Crippen LogP contribution in [-0.4, -0.2) is 43.8 Å². The fourth-order valence-corrected chi connectivity index (χ4v) is 3.75. The van der Waals surface area contributed by atoms with Gasteiger partial charge in [-0.3, -0.25) is 10.1 Å². The van der Waals surface area contributed by atoms with Gasteiger partial charge in [0.25, 0.3) is 0 Å². The predicted octanol–water partition coefficient (Wildman–Crippen LogP) is 1.39. The monoisotopic (exact) mass is 316 g/mol. The first-order valence-corrected chi connectivity index (χ1v) is 9.69. The van der Waals surface area contributed by atoms with Gasteiger partial charge in [0.1, 0.15) is 16.0 Å². The fraction of sp³-hybridized carbons (Fsp3) is 0.615. The normalized spacial score (nSPS) is 23.5. The van der Waals surface area contributed by atoms with Crippen LogP contribution in [0, 0.1) is 0 Å². The number of nitrogens with zero attached hydrogens (tertiary/aromatic N) is 1. The number of hydrogen-bond donors (Lipinski definition) is 1. The number of rotatable bonds is 6. The molecule has 0 aromatic carbocycles. The van der Waals surface area contributed by atoms with Gasteiger partial charge in [0.15, 0.2) is 0 Å². The Morgan fingerprint density at radius 2 is 2.20 bits per heavy atom. The van der Waals surface area contributed by atoms with Crippen LogP contribution < -0.4 is 5.32 Å². The van der Waals surface area contributed by atoms with E-state index in [0.29, 0.717) is 13.0 Å². The molecule has 1 fully saturated rings. The molecule has 7 heteroatoms. The molecular formula is C13H20N2O3S2. The topological polar surface area (TPSA) is 66.5 Å². The van der Waals surface area contributed by atoms with Gasteiger partial charge in [-0.1, -0.05) is 6.92 Å². The first-order valence-electron chi connectivity index (χ1n) is 6.68. The van der Waals surface area contributed by atoms with Crippen LogP contribution >= 0.6 is 11.3 Å². The number of hydrogen-bond acceptors (Lipinski definition) is 5. The van der Waals surface area contributed by atoms with E-state index in [-0.39, 0.29) is 23.9 Å². The van der Waals surface area contributed by atoms with Gasteiger partial charge in [0.05, 0.1) is 11.8 Å². The van der Waals surface area contributed by atoms with E-state index in [9.17, 15) is 13.2 Å². The van der Waals surface area contributed by atoms with Gasteiger partial charge in [-0.2, -0.15) is 11.3 Å². The number of nitrogens with one attached hydrogen (secondary N) is 1. The Bertz CT molecular complexity index is 554. The predicted molar refractivity (Wildman–Crippen MR) is 80.3 cm³/mol. The first-order chi connectivity index (χ1) is 9.42. The Morgan fingerprint density at radius 1 is 1.45 bits per heavy atom. The molecule has 0 saturated carbocycles. The Morgan fingerprint density at radius 3 is 2.75 bits per heavy atom. The summed E-state index contributed by atoms with van der Waals surface area (Å²) in [6.07, 6.45) is 2.31. The van der Waals surface area contributed by atoms with E-state index in [1.165, 1.54) is 6.26 Å². The zero-order valence-electron chi connectivity index (χ0n) is 11.7. The second-order valence-electron chi connectivity index (χ2n) is 5.10. The molecule has 112 valence electrons. The summed E-state index contributed by atoms with van der Waals surface area (Å²) in [7, 11) is -2.98. The molecule has 2 atom stereocenters. The lowest BCUT2D eigenvalue weighted by atomic mass is 10.2. The van der Waals surface area contributed by atoms with Crippen LogP contribution in [0.4, 0.5) is 0 Å². The molecule has 1 aromatic heterocycles. The molecule has 1 aromatic rings. The van der Waals surface area contributed by atoms with Crippen molar-refractivity contribution >= 4 is 27.1 Å². The summed E-state index contributed by atoms with van der Waals surface area (Å²) >= 11 is 1.59. The molecule has 20 heavy (non-hydrogen) atoms. The van der Waals surface area contributed by atoms with E-state index in [4.69, 9.17) is 0 Å². The van der Waals surface area contributed by atoms with Crippen LogP contribution in [0.5, 0.6) is 0 Å². The standard InChI is InChI=1S/C13H20N2O3S2/c1-3-11-13(16)15(6-4-8-20(2,17)18)12(14-11)10-5-7-19-9-10/h5,7,9,11-12,14H,3-4,6,8H2,1-2H3. The lowest BCUT2D eigenvalue weighted by Crippen LogP contribution is -2.32. The van der Waals surface area contributed by atoms with Crippen molar-refractivity contribution in [1.29, 1.82) is 0 Å². The molecule has 0 aliphatic carbocycles. The van der Waals surface area contributed by atoms with E-state index < -0.39 is 9.84 Å². The highest BCUT2D eigenvalue weighted by Crippen LogP contribution is 2.28. The minimum atomic E-state index is -2.98. The van der Waals surface area contributed by atoms with E-state index in [0.717, 1.165) is 12.0 Å². The van der Waals surface area contributed by atoms with Gasteiger partial charge >= 0.3 is 0 Å². The smallest absolute Gasteiger partial charge is 0.241 e. The first kappa shape index (κ1) is 15.5. The molecule has 2 unspecified atom stereocenters. The number of thiophene rings is 1. The highest BCUT2D eigenvalue weighted by Gasteiger charge is 2.38. The third kappa shape index (κ3) is 3.59. The molecule has 1 aliphatic heterocycles. The number of sulfone groups is 1. The summed E-state index contributed by atoms with van der Waals surface area (Å²) in [5, 5.41) is 7.33. The van der Waals surface area contributed by atoms with Gasteiger partial charge in [-0.05, 0) is 35.2 Å². The minimum absolute atomic E-state index is 0.0669. The summed E-state index contributed by atoms with van der Waals surface area (Å²) in [6.45, 7) is 2.44.